The third-order valence-corrected chi connectivity index (χ3v) is 3.50. The third-order valence-electron chi connectivity index (χ3n) is 3.27. The first kappa shape index (κ1) is 15.1. The molecular weight excluding hydrogens is 274 g/mol. The van der Waals surface area contributed by atoms with E-state index in [2.05, 4.69) is 48.0 Å². The summed E-state index contributed by atoms with van der Waals surface area (Å²) >= 11 is 5.93. The fourth-order valence-electron chi connectivity index (χ4n) is 2.34. The van der Waals surface area contributed by atoms with Gasteiger partial charge in [-0.1, -0.05) is 11.6 Å². The summed E-state index contributed by atoms with van der Waals surface area (Å²) in [6.45, 7) is 10.6. The van der Waals surface area contributed by atoms with Gasteiger partial charge in [0.15, 0.2) is 5.65 Å². The first-order chi connectivity index (χ1) is 9.47. The zero-order valence-electron chi connectivity index (χ0n) is 12.5. The van der Waals surface area contributed by atoms with Crippen LogP contribution in [0.4, 0.5) is 5.95 Å². The molecule has 0 amide bonds. The lowest BCUT2D eigenvalue weighted by Crippen LogP contribution is -2.40. The second-order valence-electron chi connectivity index (χ2n) is 5.44. The Morgan fingerprint density at radius 2 is 1.95 bits per heavy atom. The van der Waals surface area contributed by atoms with Gasteiger partial charge in [-0.25, -0.2) is 4.52 Å². The van der Waals surface area contributed by atoms with E-state index in [0.29, 0.717) is 23.1 Å². The van der Waals surface area contributed by atoms with Crippen molar-refractivity contribution >= 4 is 23.2 Å². The predicted molar refractivity (Wildman–Crippen MR) is 83.5 cm³/mol. The van der Waals surface area contributed by atoms with Crippen LogP contribution in [0.25, 0.3) is 5.65 Å². The molecule has 2 heterocycles. The normalized spacial score (nSPS) is 12.0. The van der Waals surface area contributed by atoms with Gasteiger partial charge in [0.05, 0.1) is 5.02 Å². The molecule has 0 fully saturated rings. The monoisotopic (exact) mass is 295 g/mol. The Hall–Kier alpha value is -1.33. The van der Waals surface area contributed by atoms with E-state index >= 15 is 0 Å². The molecule has 2 aromatic heterocycles. The first-order valence-corrected chi connectivity index (χ1v) is 7.36. The standard InChI is InChI=1S/C14H22ClN5/c1-10(2)19(11(3)4)8-7-16-14-17-13-6-5-12(15)9-20(13)18-14/h5-6,9-11H,7-8H2,1-4H3,(H,16,18). The molecule has 0 aliphatic heterocycles. The lowest BCUT2D eigenvalue weighted by Gasteiger charge is -2.30. The van der Waals surface area contributed by atoms with E-state index in [0.717, 1.165) is 18.7 Å². The van der Waals surface area contributed by atoms with Crippen molar-refractivity contribution in [1.29, 1.82) is 0 Å². The van der Waals surface area contributed by atoms with Crippen molar-refractivity contribution in [3.05, 3.63) is 23.4 Å². The molecular formula is C14H22ClN5. The van der Waals surface area contributed by atoms with Crippen LogP contribution in [0.3, 0.4) is 0 Å². The van der Waals surface area contributed by atoms with Crippen LogP contribution in [0.2, 0.25) is 5.02 Å². The summed E-state index contributed by atoms with van der Waals surface area (Å²) in [6, 6.07) is 4.73. The minimum Gasteiger partial charge on any atom is -0.352 e. The maximum absolute atomic E-state index is 5.93. The average Bonchev–Trinajstić information content (AvgIpc) is 2.75. The highest BCUT2D eigenvalue weighted by molar-refractivity contribution is 6.30. The summed E-state index contributed by atoms with van der Waals surface area (Å²) in [5.41, 5.74) is 0.793. The van der Waals surface area contributed by atoms with E-state index in [1.807, 2.05) is 12.1 Å². The van der Waals surface area contributed by atoms with Crippen molar-refractivity contribution in [2.45, 2.75) is 39.8 Å². The summed E-state index contributed by atoms with van der Waals surface area (Å²) in [4.78, 5) is 6.83. The van der Waals surface area contributed by atoms with Crippen LogP contribution in [-0.4, -0.2) is 44.7 Å². The van der Waals surface area contributed by atoms with Crippen molar-refractivity contribution < 1.29 is 0 Å². The lowest BCUT2D eigenvalue weighted by molar-refractivity contribution is 0.182. The SMILES string of the molecule is CC(C)N(CCNc1nc2ccc(Cl)cn2n1)C(C)C. The minimum atomic E-state index is 0.532. The van der Waals surface area contributed by atoms with Crippen LogP contribution in [0.1, 0.15) is 27.7 Å². The van der Waals surface area contributed by atoms with Gasteiger partial charge in [0.25, 0.3) is 0 Å². The number of hydrogen-bond donors (Lipinski definition) is 1. The third kappa shape index (κ3) is 3.61. The molecule has 0 spiro atoms. The number of rotatable bonds is 6. The molecule has 2 rings (SSSR count). The van der Waals surface area contributed by atoms with Crippen LogP contribution < -0.4 is 5.32 Å². The highest BCUT2D eigenvalue weighted by atomic mass is 35.5. The van der Waals surface area contributed by atoms with E-state index in [1.165, 1.54) is 0 Å². The lowest BCUT2D eigenvalue weighted by atomic mass is 10.2. The number of aromatic nitrogens is 3. The van der Waals surface area contributed by atoms with Crippen LogP contribution in [-0.2, 0) is 0 Å². The van der Waals surface area contributed by atoms with Gasteiger partial charge in [0.2, 0.25) is 5.95 Å². The molecule has 110 valence electrons. The summed E-state index contributed by atoms with van der Waals surface area (Å²) in [7, 11) is 0. The van der Waals surface area contributed by atoms with E-state index in [1.54, 1.807) is 10.7 Å². The summed E-state index contributed by atoms with van der Waals surface area (Å²) < 4.78 is 1.69. The van der Waals surface area contributed by atoms with Crippen molar-refractivity contribution in [1.82, 2.24) is 19.5 Å². The molecule has 1 N–H and O–H groups in total. The van der Waals surface area contributed by atoms with Crippen molar-refractivity contribution in [2.24, 2.45) is 0 Å². The van der Waals surface area contributed by atoms with E-state index in [4.69, 9.17) is 11.6 Å². The van der Waals surface area contributed by atoms with Gasteiger partial charge < -0.3 is 5.32 Å². The van der Waals surface area contributed by atoms with Gasteiger partial charge in [0, 0.05) is 31.4 Å². The maximum atomic E-state index is 5.93. The van der Waals surface area contributed by atoms with Gasteiger partial charge in [-0.15, -0.1) is 5.10 Å². The zero-order valence-corrected chi connectivity index (χ0v) is 13.2. The first-order valence-electron chi connectivity index (χ1n) is 6.99. The van der Waals surface area contributed by atoms with Crippen LogP contribution in [0.5, 0.6) is 0 Å². The largest absolute Gasteiger partial charge is 0.352 e. The maximum Gasteiger partial charge on any atom is 0.243 e. The summed E-state index contributed by atoms with van der Waals surface area (Å²) in [6.07, 6.45) is 1.75. The molecule has 0 saturated heterocycles. The van der Waals surface area contributed by atoms with Gasteiger partial charge in [-0.3, -0.25) is 4.90 Å². The van der Waals surface area contributed by atoms with Crippen LogP contribution >= 0.6 is 11.6 Å². The quantitative estimate of drug-likeness (QED) is 0.890. The van der Waals surface area contributed by atoms with Crippen molar-refractivity contribution in [3.63, 3.8) is 0 Å². The minimum absolute atomic E-state index is 0.532. The Morgan fingerprint density at radius 1 is 1.25 bits per heavy atom. The fourth-order valence-corrected chi connectivity index (χ4v) is 2.50. The zero-order chi connectivity index (χ0) is 14.7. The summed E-state index contributed by atoms with van der Waals surface area (Å²) in [5.74, 6) is 0.639. The number of fused-ring (bicyclic) bond motifs is 1. The predicted octanol–water partition coefficient (Wildman–Crippen LogP) is 2.91. The number of pyridine rings is 1. The molecule has 0 aromatic carbocycles. The molecule has 0 radical (unpaired) electrons. The van der Waals surface area contributed by atoms with E-state index < -0.39 is 0 Å². The Bertz CT molecular complexity index is 556. The topological polar surface area (TPSA) is 45.5 Å². The Labute approximate surface area is 124 Å². The number of halogens is 1. The number of nitrogens with zero attached hydrogens (tertiary/aromatic N) is 4. The van der Waals surface area contributed by atoms with Crippen LogP contribution in [0, 0.1) is 0 Å². The molecule has 0 saturated carbocycles. The van der Waals surface area contributed by atoms with Gasteiger partial charge in [-0.2, -0.15) is 4.98 Å². The second kappa shape index (κ2) is 6.41. The molecule has 0 bridgehead atoms. The molecule has 0 atom stereocenters. The average molecular weight is 296 g/mol. The van der Waals surface area contributed by atoms with Gasteiger partial charge >= 0.3 is 0 Å². The number of anilines is 1. The molecule has 6 heteroatoms. The molecule has 5 nitrogen and oxygen atoms in total. The summed E-state index contributed by atoms with van der Waals surface area (Å²) in [5, 5.41) is 8.27. The number of hydrogen-bond acceptors (Lipinski definition) is 4. The van der Waals surface area contributed by atoms with Crippen LogP contribution in [0.15, 0.2) is 18.3 Å². The molecule has 0 aliphatic rings. The van der Waals surface area contributed by atoms with Gasteiger partial charge in [0.1, 0.15) is 0 Å². The molecule has 2 aromatic rings. The highest BCUT2D eigenvalue weighted by Gasteiger charge is 2.12. The highest BCUT2D eigenvalue weighted by Crippen LogP contribution is 2.11. The molecule has 20 heavy (non-hydrogen) atoms. The Morgan fingerprint density at radius 3 is 2.60 bits per heavy atom. The van der Waals surface area contributed by atoms with Crippen molar-refractivity contribution in [2.75, 3.05) is 18.4 Å². The smallest absolute Gasteiger partial charge is 0.243 e. The fraction of sp³-hybridized carbons (Fsp3) is 0.571. The van der Waals surface area contributed by atoms with Gasteiger partial charge in [-0.05, 0) is 39.8 Å². The second-order valence-corrected chi connectivity index (χ2v) is 5.87. The molecule has 0 aliphatic carbocycles. The molecule has 0 unspecified atom stereocenters. The van der Waals surface area contributed by atoms with E-state index in [-0.39, 0.29) is 0 Å². The van der Waals surface area contributed by atoms with Crippen molar-refractivity contribution in [3.8, 4) is 0 Å². The Kier molecular flexibility index (Phi) is 4.83. The van der Waals surface area contributed by atoms with E-state index in [9.17, 15) is 0 Å². The Balaban J connectivity index is 1.95. The number of nitrogens with one attached hydrogen (secondary N) is 1.